The molecular formula is C42H27N3S. The van der Waals surface area contributed by atoms with Gasteiger partial charge in [0.25, 0.3) is 0 Å². The van der Waals surface area contributed by atoms with E-state index >= 15 is 0 Å². The monoisotopic (exact) mass is 605 g/mol. The van der Waals surface area contributed by atoms with Crippen molar-refractivity contribution >= 4 is 53.1 Å². The zero-order chi connectivity index (χ0) is 30.6. The summed E-state index contributed by atoms with van der Waals surface area (Å²) in [5.41, 5.74) is 6.43. The van der Waals surface area contributed by atoms with Gasteiger partial charge in [0.05, 0.1) is 0 Å². The molecule has 0 aliphatic rings. The molecule has 46 heavy (non-hydrogen) atoms. The maximum absolute atomic E-state index is 5.05. The van der Waals surface area contributed by atoms with E-state index in [2.05, 4.69) is 146 Å². The maximum atomic E-state index is 5.05. The molecule has 0 spiro atoms. The van der Waals surface area contributed by atoms with Crippen LogP contribution in [0.4, 0.5) is 0 Å². The Labute approximate surface area is 270 Å². The first-order chi connectivity index (χ1) is 22.7. The zero-order valence-electron chi connectivity index (χ0n) is 25.1. The minimum absolute atomic E-state index is 0.658. The molecule has 0 unspecified atom stereocenters. The molecule has 9 aromatic rings. The van der Waals surface area contributed by atoms with Crippen molar-refractivity contribution in [2.75, 3.05) is 0 Å². The van der Waals surface area contributed by atoms with Gasteiger partial charge in [-0.1, -0.05) is 133 Å². The maximum Gasteiger partial charge on any atom is 0.164 e. The van der Waals surface area contributed by atoms with Crippen molar-refractivity contribution in [2.24, 2.45) is 0 Å². The molecule has 0 aliphatic heterocycles. The second kappa shape index (κ2) is 10.7. The highest BCUT2D eigenvalue weighted by Crippen LogP contribution is 2.41. The molecule has 7 aromatic carbocycles. The number of hydrogen-bond donors (Lipinski definition) is 0. The number of nitrogens with zero attached hydrogens (tertiary/aromatic N) is 3. The van der Waals surface area contributed by atoms with Gasteiger partial charge < -0.3 is 0 Å². The van der Waals surface area contributed by atoms with Crippen LogP contribution in [0, 0.1) is 6.92 Å². The second-order valence-electron chi connectivity index (χ2n) is 11.8. The molecule has 4 heteroatoms. The minimum atomic E-state index is 0.658. The van der Waals surface area contributed by atoms with Crippen LogP contribution in [0.2, 0.25) is 0 Å². The second-order valence-corrected chi connectivity index (χ2v) is 12.8. The number of fused-ring (bicyclic) bond motifs is 7. The van der Waals surface area contributed by atoms with E-state index in [1.807, 2.05) is 17.4 Å². The first kappa shape index (κ1) is 26.7. The lowest BCUT2D eigenvalue weighted by atomic mass is 9.96. The van der Waals surface area contributed by atoms with Gasteiger partial charge in [-0.2, -0.15) is 0 Å². The van der Waals surface area contributed by atoms with Crippen molar-refractivity contribution in [3.8, 4) is 45.3 Å². The van der Waals surface area contributed by atoms with E-state index in [4.69, 9.17) is 15.0 Å². The summed E-state index contributed by atoms with van der Waals surface area (Å²) in [6.45, 7) is 2.09. The van der Waals surface area contributed by atoms with Gasteiger partial charge in [0.2, 0.25) is 0 Å². The van der Waals surface area contributed by atoms with Gasteiger partial charge in [0.15, 0.2) is 17.5 Å². The number of rotatable bonds is 4. The fourth-order valence-electron chi connectivity index (χ4n) is 6.42. The summed E-state index contributed by atoms with van der Waals surface area (Å²) >= 11 is 1.86. The molecular weight excluding hydrogens is 579 g/mol. The Bertz CT molecular complexity index is 2570. The lowest BCUT2D eigenvalue weighted by Gasteiger charge is -2.11. The predicted molar refractivity (Wildman–Crippen MR) is 194 cm³/mol. The highest BCUT2D eigenvalue weighted by atomic mass is 32.1. The Morgan fingerprint density at radius 1 is 0.391 bits per heavy atom. The first-order valence-electron chi connectivity index (χ1n) is 15.4. The van der Waals surface area contributed by atoms with Crippen LogP contribution < -0.4 is 0 Å². The average molecular weight is 606 g/mol. The van der Waals surface area contributed by atoms with E-state index in [1.54, 1.807) is 0 Å². The minimum Gasteiger partial charge on any atom is -0.208 e. The summed E-state index contributed by atoms with van der Waals surface area (Å²) in [6, 6.07) is 51.5. The highest BCUT2D eigenvalue weighted by Gasteiger charge is 2.15. The van der Waals surface area contributed by atoms with Crippen molar-refractivity contribution in [1.29, 1.82) is 0 Å². The normalized spacial score (nSPS) is 11.6. The SMILES string of the molecule is Cc1ccc(-c2nc(-c3ccc(-c4ccccc4)cc3)nc(-c3ccc4c(ccc5ccc6sc7ccccc7c6c54)c3)n2)cc1. The van der Waals surface area contributed by atoms with Crippen molar-refractivity contribution in [3.05, 3.63) is 151 Å². The third-order valence-corrected chi connectivity index (χ3v) is 9.93. The Balaban J connectivity index is 1.21. The Kier molecular flexibility index (Phi) is 6.22. The molecule has 0 radical (unpaired) electrons. The topological polar surface area (TPSA) is 38.7 Å². The van der Waals surface area contributed by atoms with Crippen molar-refractivity contribution in [2.45, 2.75) is 6.92 Å². The largest absolute Gasteiger partial charge is 0.208 e. The van der Waals surface area contributed by atoms with E-state index < -0.39 is 0 Å². The summed E-state index contributed by atoms with van der Waals surface area (Å²) in [7, 11) is 0. The molecule has 0 bridgehead atoms. The molecule has 0 aliphatic carbocycles. The van der Waals surface area contributed by atoms with E-state index in [9.17, 15) is 0 Å². The third-order valence-electron chi connectivity index (χ3n) is 8.79. The van der Waals surface area contributed by atoms with Gasteiger partial charge >= 0.3 is 0 Å². The van der Waals surface area contributed by atoms with Crippen LogP contribution in [0.3, 0.4) is 0 Å². The number of benzene rings is 7. The Hall–Kier alpha value is -5.71. The molecule has 2 heterocycles. The first-order valence-corrected chi connectivity index (χ1v) is 16.3. The standard InChI is InChI=1S/C42H27N3S/c1-26-11-13-30(14-12-26)40-43-41(31-18-15-28(16-19-31)27-7-3-2-4-8-27)45-42(44-40)33-21-23-34-32(25-33)20-17-29-22-24-37-39(38(29)34)35-9-5-6-10-36(35)46-37/h2-25H,1H3. The van der Waals surface area contributed by atoms with Crippen LogP contribution in [0.25, 0.3) is 87.0 Å². The van der Waals surface area contributed by atoms with E-state index in [-0.39, 0.29) is 0 Å². The summed E-state index contributed by atoms with van der Waals surface area (Å²) in [5.74, 6) is 1.98. The molecule has 0 atom stereocenters. The molecule has 3 nitrogen and oxygen atoms in total. The van der Waals surface area contributed by atoms with Crippen LogP contribution in [0.5, 0.6) is 0 Å². The lowest BCUT2D eigenvalue weighted by Crippen LogP contribution is -2.00. The number of hydrogen-bond acceptors (Lipinski definition) is 4. The lowest BCUT2D eigenvalue weighted by molar-refractivity contribution is 1.07. The third kappa shape index (κ3) is 4.54. The molecule has 0 amide bonds. The average Bonchev–Trinajstić information content (AvgIpc) is 3.51. The van der Waals surface area contributed by atoms with Crippen LogP contribution in [-0.4, -0.2) is 15.0 Å². The molecule has 9 rings (SSSR count). The van der Waals surface area contributed by atoms with Crippen molar-refractivity contribution < 1.29 is 0 Å². The van der Waals surface area contributed by atoms with Gasteiger partial charge in [-0.15, -0.1) is 11.3 Å². The molecule has 0 fully saturated rings. The van der Waals surface area contributed by atoms with Crippen LogP contribution >= 0.6 is 11.3 Å². The molecule has 0 saturated heterocycles. The van der Waals surface area contributed by atoms with Crippen LogP contribution in [0.1, 0.15) is 5.56 Å². The van der Waals surface area contributed by atoms with Crippen LogP contribution in [-0.2, 0) is 0 Å². The quantitative estimate of drug-likeness (QED) is 0.187. The van der Waals surface area contributed by atoms with Gasteiger partial charge in [0, 0.05) is 36.9 Å². The molecule has 0 N–H and O–H groups in total. The molecule has 2 aromatic heterocycles. The van der Waals surface area contributed by atoms with Crippen molar-refractivity contribution in [1.82, 2.24) is 15.0 Å². The van der Waals surface area contributed by atoms with E-state index in [0.717, 1.165) is 22.3 Å². The Morgan fingerprint density at radius 2 is 0.957 bits per heavy atom. The summed E-state index contributed by atoms with van der Waals surface area (Å²) in [4.78, 5) is 15.0. The summed E-state index contributed by atoms with van der Waals surface area (Å²) < 4.78 is 2.63. The number of aryl methyl sites for hydroxylation is 1. The van der Waals surface area contributed by atoms with Gasteiger partial charge in [-0.05, 0) is 57.8 Å². The van der Waals surface area contributed by atoms with Gasteiger partial charge in [-0.25, -0.2) is 15.0 Å². The number of aromatic nitrogens is 3. The fraction of sp³-hybridized carbons (Fsp3) is 0.0238. The predicted octanol–water partition coefficient (Wildman–Crippen LogP) is 11.5. The van der Waals surface area contributed by atoms with Gasteiger partial charge in [-0.3, -0.25) is 0 Å². The highest BCUT2D eigenvalue weighted by molar-refractivity contribution is 7.26. The van der Waals surface area contributed by atoms with Crippen LogP contribution in [0.15, 0.2) is 146 Å². The fourth-order valence-corrected chi connectivity index (χ4v) is 7.53. The zero-order valence-corrected chi connectivity index (χ0v) is 25.9. The summed E-state index contributed by atoms with van der Waals surface area (Å²) in [6.07, 6.45) is 0. The van der Waals surface area contributed by atoms with Crippen molar-refractivity contribution in [3.63, 3.8) is 0 Å². The Morgan fingerprint density at radius 3 is 1.72 bits per heavy atom. The number of thiophene rings is 1. The smallest absolute Gasteiger partial charge is 0.164 e. The molecule has 0 saturated carbocycles. The summed E-state index contributed by atoms with van der Waals surface area (Å²) in [5, 5.41) is 7.60. The molecule has 216 valence electrons. The van der Waals surface area contributed by atoms with Gasteiger partial charge in [0.1, 0.15) is 0 Å². The van der Waals surface area contributed by atoms with E-state index in [1.165, 1.54) is 52.8 Å². The van der Waals surface area contributed by atoms with E-state index in [0.29, 0.717) is 17.5 Å².